The Morgan fingerprint density at radius 2 is 1.17 bits per heavy atom. The summed E-state index contributed by atoms with van der Waals surface area (Å²) in [7, 11) is 0. The highest BCUT2D eigenvalue weighted by molar-refractivity contribution is 7.96. The molecule has 0 saturated carbocycles. The highest BCUT2D eigenvalue weighted by Gasteiger charge is 2.16. The monoisotopic (exact) mass is 519 g/mol. The fourth-order valence-electron chi connectivity index (χ4n) is 4.71. The number of rotatable bonds is 23. The van der Waals surface area contributed by atoms with Crippen LogP contribution >= 0.6 is 12.6 Å². The third-order valence-corrected chi connectivity index (χ3v) is 6.99. The van der Waals surface area contributed by atoms with Crippen LogP contribution < -0.4 is 4.90 Å². The van der Waals surface area contributed by atoms with E-state index in [4.69, 9.17) is 5.11 Å². The van der Waals surface area contributed by atoms with Crippen LogP contribution in [0.5, 0.6) is 0 Å². The zero-order valence-corrected chi connectivity index (χ0v) is 23.4. The smallest absolute Gasteiger partial charge is 0.303 e. The molecule has 0 aliphatic heterocycles. The van der Waals surface area contributed by atoms with Crippen LogP contribution in [0.25, 0.3) is 0 Å². The van der Waals surface area contributed by atoms with E-state index in [1.54, 1.807) is 0 Å². The third kappa shape index (κ3) is 16.0. The van der Waals surface area contributed by atoms with Crippen LogP contribution in [0.1, 0.15) is 128 Å². The number of carboxylic acids is 1. The molecule has 0 aromatic heterocycles. The molecular weight excluding hydrogens is 470 g/mol. The fourth-order valence-corrected chi connectivity index (χ4v) is 4.86. The summed E-state index contributed by atoms with van der Waals surface area (Å²) >= 11 is 3.85. The quantitative estimate of drug-likeness (QED) is 0.113. The number of anilines is 1. The number of aryl methyl sites for hydroxylation is 1. The van der Waals surface area contributed by atoms with E-state index in [9.17, 15) is 14.4 Å². The number of carbonyl (C=O) groups excluding carboxylic acids is 2. The van der Waals surface area contributed by atoms with Crippen molar-refractivity contribution in [1.29, 1.82) is 0 Å². The number of carbonyl (C=O) groups is 3. The molecule has 1 N–H and O–H groups in total. The Kier molecular flexibility index (Phi) is 19.0. The highest BCUT2D eigenvalue weighted by Crippen LogP contribution is 2.24. The average molecular weight is 520 g/mol. The number of benzene rings is 1. The van der Waals surface area contributed by atoms with Gasteiger partial charge in [-0.15, -0.1) is 12.6 Å². The summed E-state index contributed by atoms with van der Waals surface area (Å²) in [5.41, 5.74) is 2.10. The minimum absolute atomic E-state index is 0.0887. The number of aliphatic carboxylic acids is 1. The molecule has 204 valence electrons. The number of hydrogen-bond donors (Lipinski definition) is 2. The lowest BCUT2D eigenvalue weighted by Gasteiger charge is -2.24. The van der Waals surface area contributed by atoms with E-state index in [0.717, 1.165) is 56.2 Å². The van der Waals surface area contributed by atoms with Crippen molar-refractivity contribution in [1.82, 2.24) is 0 Å². The van der Waals surface area contributed by atoms with Gasteiger partial charge < -0.3 is 10.0 Å². The molecule has 0 fully saturated rings. The van der Waals surface area contributed by atoms with Crippen LogP contribution in [-0.2, 0) is 20.8 Å². The van der Waals surface area contributed by atoms with Crippen LogP contribution in [0.15, 0.2) is 24.3 Å². The summed E-state index contributed by atoms with van der Waals surface area (Å²) < 4.78 is 0. The minimum Gasteiger partial charge on any atom is -0.481 e. The predicted molar refractivity (Wildman–Crippen MR) is 153 cm³/mol. The SMILES string of the molecule is CCN(C(=O)CCCCCCCCCCCCCCCCC(=O)O)c1ccccc1CCCC(=O)S. The standard InChI is InChI=1S/C30H49NO4S/c1-2-31(27-22-18-17-20-26(27)21-19-25-30(35)36)28(32)23-15-13-11-9-7-5-3-4-6-8-10-12-14-16-24-29(33)34/h17-18,20,22H,2-16,19,21,23-25H2,1H3,(H,33,34)(H,35,36). The van der Waals surface area contributed by atoms with Gasteiger partial charge in [0, 0.05) is 31.5 Å². The molecule has 0 aliphatic carbocycles. The molecule has 1 aromatic rings. The first-order valence-electron chi connectivity index (χ1n) is 14.3. The van der Waals surface area contributed by atoms with Gasteiger partial charge >= 0.3 is 5.97 Å². The Labute approximate surface area is 224 Å². The fraction of sp³-hybridized carbons (Fsp3) is 0.700. The summed E-state index contributed by atoms with van der Waals surface area (Å²) in [6.45, 7) is 2.68. The summed E-state index contributed by atoms with van der Waals surface area (Å²) in [5, 5.41) is 8.54. The predicted octanol–water partition coefficient (Wildman–Crippen LogP) is 8.14. The van der Waals surface area contributed by atoms with Gasteiger partial charge in [-0.2, -0.15) is 0 Å². The van der Waals surface area contributed by atoms with E-state index in [1.165, 1.54) is 57.8 Å². The van der Waals surface area contributed by atoms with Gasteiger partial charge in [-0.1, -0.05) is 95.2 Å². The van der Waals surface area contributed by atoms with Crippen molar-refractivity contribution in [3.63, 3.8) is 0 Å². The van der Waals surface area contributed by atoms with Gasteiger partial charge in [0.2, 0.25) is 5.91 Å². The van der Waals surface area contributed by atoms with Crippen LogP contribution in [0, 0.1) is 0 Å². The molecule has 0 spiro atoms. The molecular formula is C30H49NO4S. The normalized spacial score (nSPS) is 10.9. The molecule has 0 aliphatic rings. The zero-order chi connectivity index (χ0) is 26.4. The van der Waals surface area contributed by atoms with Gasteiger partial charge in [-0.05, 0) is 44.2 Å². The van der Waals surface area contributed by atoms with Crippen molar-refractivity contribution in [2.45, 2.75) is 129 Å². The first-order chi connectivity index (χ1) is 17.5. The van der Waals surface area contributed by atoms with Crippen molar-refractivity contribution in [3.8, 4) is 0 Å². The van der Waals surface area contributed by atoms with E-state index in [-0.39, 0.29) is 11.0 Å². The number of amides is 1. The molecule has 0 unspecified atom stereocenters. The number of thiol groups is 1. The van der Waals surface area contributed by atoms with Crippen molar-refractivity contribution in [2.24, 2.45) is 0 Å². The average Bonchev–Trinajstić information content (AvgIpc) is 2.84. The summed E-state index contributed by atoms with van der Waals surface area (Å²) in [4.78, 5) is 36.4. The van der Waals surface area contributed by atoms with E-state index >= 15 is 0 Å². The Hall–Kier alpha value is -1.82. The van der Waals surface area contributed by atoms with E-state index < -0.39 is 5.97 Å². The Bertz CT molecular complexity index is 752. The molecule has 0 bridgehead atoms. The number of hydrogen-bond acceptors (Lipinski definition) is 3. The second-order valence-electron chi connectivity index (χ2n) is 9.86. The van der Waals surface area contributed by atoms with Gasteiger partial charge in [0.1, 0.15) is 0 Å². The molecule has 1 rings (SSSR count). The first kappa shape index (κ1) is 32.2. The minimum atomic E-state index is -0.680. The second kappa shape index (κ2) is 21.3. The summed E-state index contributed by atoms with van der Waals surface area (Å²) in [5.74, 6) is -0.488. The van der Waals surface area contributed by atoms with Crippen LogP contribution in [0.2, 0.25) is 0 Å². The van der Waals surface area contributed by atoms with Crippen LogP contribution in [0.3, 0.4) is 0 Å². The van der Waals surface area contributed by atoms with Crippen molar-refractivity contribution >= 4 is 35.3 Å². The van der Waals surface area contributed by atoms with Gasteiger partial charge in [0.05, 0.1) is 0 Å². The topological polar surface area (TPSA) is 74.7 Å². The lowest BCUT2D eigenvalue weighted by atomic mass is 10.0. The largest absolute Gasteiger partial charge is 0.481 e. The van der Waals surface area contributed by atoms with E-state index in [1.807, 2.05) is 30.0 Å². The van der Waals surface area contributed by atoms with Crippen LogP contribution in [-0.4, -0.2) is 28.6 Å². The molecule has 1 aromatic carbocycles. The lowest BCUT2D eigenvalue weighted by Crippen LogP contribution is -2.31. The van der Waals surface area contributed by atoms with Gasteiger partial charge in [0.25, 0.3) is 0 Å². The number of unbranched alkanes of at least 4 members (excludes halogenated alkanes) is 13. The first-order valence-corrected chi connectivity index (χ1v) is 14.7. The van der Waals surface area contributed by atoms with Gasteiger partial charge in [0.15, 0.2) is 5.12 Å². The molecule has 0 heterocycles. The number of nitrogens with zero attached hydrogens (tertiary/aromatic N) is 1. The van der Waals surface area contributed by atoms with Crippen molar-refractivity contribution < 1.29 is 19.5 Å². The van der Waals surface area contributed by atoms with Crippen molar-refractivity contribution in [2.75, 3.05) is 11.4 Å². The Morgan fingerprint density at radius 1 is 0.694 bits per heavy atom. The molecule has 0 saturated heterocycles. The zero-order valence-electron chi connectivity index (χ0n) is 22.5. The summed E-state index contributed by atoms with van der Waals surface area (Å²) in [6.07, 6.45) is 19.4. The maximum absolute atomic E-state index is 12.9. The molecule has 36 heavy (non-hydrogen) atoms. The van der Waals surface area contributed by atoms with Crippen LogP contribution in [0.4, 0.5) is 5.69 Å². The maximum Gasteiger partial charge on any atom is 0.303 e. The van der Waals surface area contributed by atoms with E-state index in [2.05, 4.69) is 18.7 Å². The van der Waals surface area contributed by atoms with Gasteiger partial charge in [-0.3, -0.25) is 14.4 Å². The maximum atomic E-state index is 12.9. The van der Waals surface area contributed by atoms with E-state index in [0.29, 0.717) is 25.8 Å². The molecule has 6 heteroatoms. The highest BCUT2D eigenvalue weighted by atomic mass is 32.1. The lowest BCUT2D eigenvalue weighted by molar-refractivity contribution is -0.137. The Morgan fingerprint density at radius 3 is 1.64 bits per heavy atom. The third-order valence-electron chi connectivity index (χ3n) is 6.77. The second-order valence-corrected chi connectivity index (χ2v) is 10.4. The number of carboxylic acid groups (broad SMARTS) is 1. The molecule has 0 radical (unpaired) electrons. The molecule has 1 amide bonds. The summed E-state index contributed by atoms with van der Waals surface area (Å²) in [6, 6.07) is 8.04. The molecule has 5 nitrogen and oxygen atoms in total. The number of para-hydroxylation sites is 1. The Balaban J connectivity index is 2.09. The molecule has 0 atom stereocenters. The van der Waals surface area contributed by atoms with Crippen molar-refractivity contribution in [3.05, 3.63) is 29.8 Å². The van der Waals surface area contributed by atoms with Gasteiger partial charge in [-0.25, -0.2) is 0 Å².